The summed E-state index contributed by atoms with van der Waals surface area (Å²) in [5, 5.41) is 7.27. The van der Waals surface area contributed by atoms with Gasteiger partial charge in [-0.05, 0) is 30.3 Å². The van der Waals surface area contributed by atoms with Gasteiger partial charge in [0.25, 0.3) is 0 Å². The molecular formula is C18H13FN4S. The molecule has 0 saturated heterocycles. The molecule has 118 valence electrons. The van der Waals surface area contributed by atoms with Gasteiger partial charge in [-0.2, -0.15) is 0 Å². The van der Waals surface area contributed by atoms with Crippen molar-refractivity contribution in [3.63, 3.8) is 0 Å². The van der Waals surface area contributed by atoms with E-state index in [1.807, 2.05) is 23.6 Å². The minimum Gasteiger partial charge on any atom is -0.378 e. The van der Waals surface area contributed by atoms with Crippen LogP contribution in [-0.2, 0) is 6.54 Å². The van der Waals surface area contributed by atoms with Crippen molar-refractivity contribution in [1.29, 1.82) is 0 Å². The third-order valence-electron chi connectivity index (χ3n) is 3.66. The Kier molecular flexibility index (Phi) is 3.88. The zero-order valence-corrected chi connectivity index (χ0v) is 13.4. The summed E-state index contributed by atoms with van der Waals surface area (Å²) in [6, 6.07) is 10.4. The lowest BCUT2D eigenvalue weighted by Crippen LogP contribution is -2.00. The fraction of sp³-hybridized carbons (Fsp3) is 0.0556. The zero-order chi connectivity index (χ0) is 16.4. The van der Waals surface area contributed by atoms with E-state index in [0.29, 0.717) is 12.1 Å². The largest absolute Gasteiger partial charge is 0.378 e. The Labute approximate surface area is 142 Å². The van der Waals surface area contributed by atoms with E-state index < -0.39 is 0 Å². The van der Waals surface area contributed by atoms with Crippen molar-refractivity contribution >= 4 is 27.9 Å². The highest BCUT2D eigenvalue weighted by molar-refractivity contribution is 7.09. The molecule has 4 rings (SSSR count). The van der Waals surface area contributed by atoms with Crippen molar-refractivity contribution in [3.05, 3.63) is 71.2 Å². The van der Waals surface area contributed by atoms with Crippen molar-refractivity contribution in [2.45, 2.75) is 6.54 Å². The fourth-order valence-corrected chi connectivity index (χ4v) is 3.24. The molecular weight excluding hydrogens is 323 g/mol. The van der Waals surface area contributed by atoms with E-state index >= 15 is 0 Å². The van der Waals surface area contributed by atoms with Crippen molar-refractivity contribution in [3.8, 4) is 11.3 Å². The van der Waals surface area contributed by atoms with Crippen molar-refractivity contribution in [1.82, 2.24) is 15.0 Å². The molecule has 24 heavy (non-hydrogen) atoms. The molecule has 0 spiro atoms. The summed E-state index contributed by atoms with van der Waals surface area (Å²) in [4.78, 5) is 12.9. The third kappa shape index (κ3) is 2.96. The molecule has 0 bridgehead atoms. The SMILES string of the molecule is Fc1ccc2c(NCc3nc(-c4ccncc4)cs3)ccnc2c1. The van der Waals surface area contributed by atoms with Crippen LogP contribution in [0, 0.1) is 5.82 Å². The Morgan fingerprint density at radius 2 is 1.92 bits per heavy atom. The van der Waals surface area contributed by atoms with Gasteiger partial charge in [-0.3, -0.25) is 9.97 Å². The summed E-state index contributed by atoms with van der Waals surface area (Å²) in [6.07, 6.45) is 5.19. The highest BCUT2D eigenvalue weighted by Gasteiger charge is 2.06. The molecule has 4 aromatic rings. The van der Waals surface area contributed by atoms with Gasteiger partial charge in [-0.1, -0.05) is 0 Å². The van der Waals surface area contributed by atoms with Crippen molar-refractivity contribution < 1.29 is 4.39 Å². The van der Waals surface area contributed by atoms with Crippen LogP contribution in [0.25, 0.3) is 22.2 Å². The summed E-state index contributed by atoms with van der Waals surface area (Å²) in [5.74, 6) is -0.283. The normalized spacial score (nSPS) is 10.9. The van der Waals surface area contributed by atoms with Crippen LogP contribution in [-0.4, -0.2) is 15.0 Å². The van der Waals surface area contributed by atoms with Gasteiger partial charge in [0.1, 0.15) is 10.8 Å². The number of thiazole rings is 1. The lowest BCUT2D eigenvalue weighted by molar-refractivity contribution is 0.629. The maximum Gasteiger partial charge on any atom is 0.125 e. The van der Waals surface area contributed by atoms with E-state index in [1.165, 1.54) is 12.1 Å². The summed E-state index contributed by atoms with van der Waals surface area (Å²) in [6.45, 7) is 0.603. The molecule has 0 saturated carbocycles. The van der Waals surface area contributed by atoms with E-state index in [2.05, 4.69) is 20.3 Å². The average molecular weight is 336 g/mol. The van der Waals surface area contributed by atoms with Crippen LogP contribution >= 0.6 is 11.3 Å². The topological polar surface area (TPSA) is 50.7 Å². The Balaban J connectivity index is 1.55. The molecule has 0 aliphatic carbocycles. The van der Waals surface area contributed by atoms with Crippen LogP contribution in [0.4, 0.5) is 10.1 Å². The highest BCUT2D eigenvalue weighted by Crippen LogP contribution is 2.25. The number of hydrogen-bond donors (Lipinski definition) is 1. The van der Waals surface area contributed by atoms with Crippen LogP contribution < -0.4 is 5.32 Å². The number of nitrogens with zero attached hydrogens (tertiary/aromatic N) is 3. The second-order valence-electron chi connectivity index (χ2n) is 5.24. The minimum atomic E-state index is -0.283. The number of pyridine rings is 2. The van der Waals surface area contributed by atoms with Gasteiger partial charge < -0.3 is 5.32 Å². The van der Waals surface area contributed by atoms with Crippen LogP contribution in [0.3, 0.4) is 0 Å². The number of nitrogens with one attached hydrogen (secondary N) is 1. The maximum atomic E-state index is 13.3. The van der Waals surface area contributed by atoms with Gasteiger partial charge in [0.2, 0.25) is 0 Å². The molecule has 1 N–H and O–H groups in total. The van der Waals surface area contributed by atoms with Gasteiger partial charge in [-0.15, -0.1) is 11.3 Å². The predicted molar refractivity (Wildman–Crippen MR) is 94.4 cm³/mol. The smallest absolute Gasteiger partial charge is 0.125 e. The number of hydrogen-bond acceptors (Lipinski definition) is 5. The second kappa shape index (κ2) is 6.33. The van der Waals surface area contributed by atoms with Crippen LogP contribution in [0.2, 0.25) is 0 Å². The number of fused-ring (bicyclic) bond motifs is 1. The summed E-state index contributed by atoms with van der Waals surface area (Å²) in [7, 11) is 0. The molecule has 6 heteroatoms. The third-order valence-corrected chi connectivity index (χ3v) is 4.51. The first kappa shape index (κ1) is 14.7. The molecule has 0 atom stereocenters. The Morgan fingerprint density at radius 1 is 1.04 bits per heavy atom. The highest BCUT2D eigenvalue weighted by atomic mass is 32.1. The zero-order valence-electron chi connectivity index (χ0n) is 12.6. The van der Waals surface area contributed by atoms with E-state index in [1.54, 1.807) is 36.0 Å². The quantitative estimate of drug-likeness (QED) is 0.596. The monoisotopic (exact) mass is 336 g/mol. The first-order valence-corrected chi connectivity index (χ1v) is 8.30. The first-order chi connectivity index (χ1) is 11.8. The molecule has 0 aliphatic heterocycles. The fourth-order valence-electron chi connectivity index (χ4n) is 2.49. The molecule has 3 aromatic heterocycles. The molecule has 3 heterocycles. The van der Waals surface area contributed by atoms with Gasteiger partial charge >= 0.3 is 0 Å². The Hall–Kier alpha value is -2.86. The van der Waals surface area contributed by atoms with Crippen LogP contribution in [0.15, 0.2) is 60.4 Å². The number of halogens is 1. The van der Waals surface area contributed by atoms with Crippen LogP contribution in [0.5, 0.6) is 0 Å². The van der Waals surface area contributed by atoms with Gasteiger partial charge in [-0.25, -0.2) is 9.37 Å². The molecule has 0 aliphatic rings. The number of benzene rings is 1. The first-order valence-electron chi connectivity index (χ1n) is 7.42. The summed E-state index contributed by atoms with van der Waals surface area (Å²) >= 11 is 1.60. The van der Waals surface area contributed by atoms with Crippen LogP contribution in [0.1, 0.15) is 5.01 Å². The summed E-state index contributed by atoms with van der Waals surface area (Å²) < 4.78 is 13.3. The van der Waals surface area contributed by atoms with E-state index in [0.717, 1.165) is 27.3 Å². The standard InChI is InChI=1S/C18H13FN4S/c19-13-1-2-14-15(5-8-21-16(14)9-13)22-10-18-23-17(11-24-18)12-3-6-20-7-4-12/h1-9,11H,10H2,(H,21,22). The van der Waals surface area contributed by atoms with E-state index in [9.17, 15) is 4.39 Å². The molecule has 0 fully saturated rings. The minimum absolute atomic E-state index is 0.283. The van der Waals surface area contributed by atoms with Crippen molar-refractivity contribution in [2.75, 3.05) is 5.32 Å². The van der Waals surface area contributed by atoms with Gasteiger partial charge in [0, 0.05) is 46.7 Å². The van der Waals surface area contributed by atoms with E-state index in [-0.39, 0.29) is 5.82 Å². The molecule has 0 unspecified atom stereocenters. The second-order valence-corrected chi connectivity index (χ2v) is 6.18. The predicted octanol–water partition coefficient (Wildman–Crippen LogP) is 4.50. The summed E-state index contributed by atoms with van der Waals surface area (Å²) in [5.41, 5.74) is 3.55. The lowest BCUT2D eigenvalue weighted by Gasteiger charge is -2.08. The number of aromatic nitrogens is 3. The van der Waals surface area contributed by atoms with Crippen molar-refractivity contribution in [2.24, 2.45) is 0 Å². The van der Waals surface area contributed by atoms with Gasteiger partial charge in [0.05, 0.1) is 17.8 Å². The Bertz CT molecular complexity index is 985. The Morgan fingerprint density at radius 3 is 2.79 bits per heavy atom. The van der Waals surface area contributed by atoms with E-state index in [4.69, 9.17) is 0 Å². The lowest BCUT2D eigenvalue weighted by atomic mass is 10.2. The maximum absolute atomic E-state index is 13.3. The molecule has 4 nitrogen and oxygen atoms in total. The molecule has 1 aromatic carbocycles. The van der Waals surface area contributed by atoms with Gasteiger partial charge in [0.15, 0.2) is 0 Å². The molecule has 0 radical (unpaired) electrons. The molecule has 0 amide bonds. The number of anilines is 1. The number of rotatable bonds is 4. The average Bonchev–Trinajstić information content (AvgIpc) is 3.09.